The SMILES string of the molecule is Cl.Clc1cc2ncnc(Nc3ccc(OCc4ccccc4)cc3)c2cc1Cl. The number of benzene rings is 3. The lowest BCUT2D eigenvalue weighted by molar-refractivity contribution is 0.306. The van der Waals surface area contributed by atoms with E-state index in [-0.39, 0.29) is 12.4 Å². The van der Waals surface area contributed by atoms with Crippen molar-refractivity contribution in [3.63, 3.8) is 0 Å². The highest BCUT2D eigenvalue weighted by atomic mass is 35.5. The van der Waals surface area contributed by atoms with Gasteiger partial charge in [0.1, 0.15) is 24.5 Å². The summed E-state index contributed by atoms with van der Waals surface area (Å²) in [5, 5.41) is 5.02. The van der Waals surface area contributed by atoms with Crippen LogP contribution in [0.3, 0.4) is 0 Å². The Balaban J connectivity index is 0.00000225. The van der Waals surface area contributed by atoms with Crippen LogP contribution in [0.1, 0.15) is 5.56 Å². The van der Waals surface area contributed by atoms with Crippen LogP contribution in [0.5, 0.6) is 5.75 Å². The van der Waals surface area contributed by atoms with E-state index < -0.39 is 0 Å². The molecular weight excluding hydrogens is 417 g/mol. The summed E-state index contributed by atoms with van der Waals surface area (Å²) in [6.07, 6.45) is 1.49. The van der Waals surface area contributed by atoms with Crippen molar-refractivity contribution >= 4 is 58.0 Å². The van der Waals surface area contributed by atoms with E-state index in [2.05, 4.69) is 15.3 Å². The van der Waals surface area contributed by atoms with Crippen LogP contribution in [0.15, 0.2) is 73.1 Å². The molecule has 4 rings (SSSR count). The monoisotopic (exact) mass is 431 g/mol. The molecule has 0 amide bonds. The predicted octanol–water partition coefficient (Wildman–Crippen LogP) is 6.68. The summed E-state index contributed by atoms with van der Waals surface area (Å²) in [7, 11) is 0. The molecule has 0 saturated heterocycles. The Labute approximate surface area is 178 Å². The van der Waals surface area contributed by atoms with Gasteiger partial charge in [0.05, 0.1) is 15.6 Å². The standard InChI is InChI=1S/C21H15Cl2N3O.ClH/c22-18-10-17-20(11-19(18)23)24-13-25-21(17)26-15-6-8-16(9-7-15)27-12-14-4-2-1-3-5-14;/h1-11,13H,12H2,(H,24,25,26);1H. The molecule has 7 heteroatoms. The van der Waals surface area contributed by atoms with Gasteiger partial charge in [0.15, 0.2) is 0 Å². The molecule has 0 radical (unpaired) electrons. The third-order valence-corrected chi connectivity index (χ3v) is 4.76. The molecule has 1 heterocycles. The van der Waals surface area contributed by atoms with Gasteiger partial charge >= 0.3 is 0 Å². The van der Waals surface area contributed by atoms with E-state index in [1.165, 1.54) is 6.33 Å². The van der Waals surface area contributed by atoms with Crippen molar-refractivity contribution in [2.75, 3.05) is 5.32 Å². The Kier molecular flexibility index (Phi) is 6.57. The number of nitrogens with zero attached hydrogens (tertiary/aromatic N) is 2. The highest BCUT2D eigenvalue weighted by Crippen LogP contribution is 2.31. The molecule has 0 atom stereocenters. The van der Waals surface area contributed by atoms with E-state index in [4.69, 9.17) is 27.9 Å². The van der Waals surface area contributed by atoms with Gasteiger partial charge in [-0.3, -0.25) is 0 Å². The number of aromatic nitrogens is 2. The van der Waals surface area contributed by atoms with Gasteiger partial charge in [-0.05, 0) is 42.0 Å². The molecule has 28 heavy (non-hydrogen) atoms. The van der Waals surface area contributed by atoms with Gasteiger partial charge in [0, 0.05) is 11.1 Å². The minimum Gasteiger partial charge on any atom is -0.489 e. The first-order valence-electron chi connectivity index (χ1n) is 8.32. The Hall–Kier alpha value is -2.53. The summed E-state index contributed by atoms with van der Waals surface area (Å²) in [5.41, 5.74) is 2.74. The Morgan fingerprint density at radius 1 is 0.857 bits per heavy atom. The molecule has 0 saturated carbocycles. The van der Waals surface area contributed by atoms with Crippen LogP contribution in [0.2, 0.25) is 10.0 Å². The molecule has 142 valence electrons. The molecule has 0 bridgehead atoms. The van der Waals surface area contributed by atoms with Crippen LogP contribution in [0.4, 0.5) is 11.5 Å². The van der Waals surface area contributed by atoms with Crippen LogP contribution < -0.4 is 10.1 Å². The molecule has 0 unspecified atom stereocenters. The lowest BCUT2D eigenvalue weighted by Crippen LogP contribution is -1.97. The lowest BCUT2D eigenvalue weighted by atomic mass is 10.2. The van der Waals surface area contributed by atoms with Crippen molar-refractivity contribution < 1.29 is 4.74 Å². The molecule has 0 fully saturated rings. The molecule has 1 N–H and O–H groups in total. The summed E-state index contributed by atoms with van der Waals surface area (Å²) < 4.78 is 5.81. The second kappa shape index (κ2) is 9.11. The van der Waals surface area contributed by atoms with Gasteiger partial charge in [0.2, 0.25) is 0 Å². The van der Waals surface area contributed by atoms with E-state index in [1.54, 1.807) is 12.1 Å². The molecule has 4 aromatic rings. The normalized spacial score (nSPS) is 10.4. The number of rotatable bonds is 5. The van der Waals surface area contributed by atoms with Gasteiger partial charge in [-0.2, -0.15) is 0 Å². The molecule has 1 aromatic heterocycles. The zero-order chi connectivity index (χ0) is 18.6. The van der Waals surface area contributed by atoms with E-state index >= 15 is 0 Å². The van der Waals surface area contributed by atoms with Gasteiger partial charge in [-0.1, -0.05) is 53.5 Å². The van der Waals surface area contributed by atoms with Crippen molar-refractivity contribution in [2.24, 2.45) is 0 Å². The fourth-order valence-electron chi connectivity index (χ4n) is 2.66. The molecule has 4 nitrogen and oxygen atoms in total. The molecular formula is C21H16Cl3N3O. The van der Waals surface area contributed by atoms with Crippen LogP contribution in [-0.2, 0) is 6.61 Å². The number of ether oxygens (including phenoxy) is 1. The number of nitrogens with one attached hydrogen (secondary N) is 1. The van der Waals surface area contributed by atoms with Crippen molar-refractivity contribution in [1.29, 1.82) is 0 Å². The first kappa shape index (κ1) is 20.2. The summed E-state index contributed by atoms with van der Waals surface area (Å²) in [5.74, 6) is 1.46. The minimum atomic E-state index is 0. The smallest absolute Gasteiger partial charge is 0.141 e. The van der Waals surface area contributed by atoms with Gasteiger partial charge in [-0.15, -0.1) is 12.4 Å². The van der Waals surface area contributed by atoms with Crippen LogP contribution in [0.25, 0.3) is 10.9 Å². The Bertz CT molecular complexity index is 1070. The van der Waals surface area contributed by atoms with Crippen molar-refractivity contribution in [1.82, 2.24) is 9.97 Å². The molecule has 0 spiro atoms. The van der Waals surface area contributed by atoms with Gasteiger partial charge in [-0.25, -0.2) is 9.97 Å². The maximum atomic E-state index is 6.14. The van der Waals surface area contributed by atoms with E-state index in [9.17, 15) is 0 Å². The first-order chi connectivity index (χ1) is 13.2. The van der Waals surface area contributed by atoms with Gasteiger partial charge < -0.3 is 10.1 Å². The quantitative estimate of drug-likeness (QED) is 0.382. The molecule has 0 aliphatic carbocycles. The first-order valence-corrected chi connectivity index (χ1v) is 9.08. The summed E-state index contributed by atoms with van der Waals surface area (Å²) in [4.78, 5) is 8.55. The Morgan fingerprint density at radius 2 is 1.57 bits per heavy atom. The highest BCUT2D eigenvalue weighted by Gasteiger charge is 2.08. The second-order valence-electron chi connectivity index (χ2n) is 5.93. The zero-order valence-corrected chi connectivity index (χ0v) is 16.9. The number of hydrogen-bond acceptors (Lipinski definition) is 4. The third-order valence-electron chi connectivity index (χ3n) is 4.04. The van der Waals surface area contributed by atoms with Gasteiger partial charge in [0.25, 0.3) is 0 Å². The molecule has 0 aliphatic heterocycles. The third kappa shape index (κ3) is 4.65. The van der Waals surface area contributed by atoms with Crippen LogP contribution >= 0.6 is 35.6 Å². The predicted molar refractivity (Wildman–Crippen MR) is 117 cm³/mol. The highest BCUT2D eigenvalue weighted by molar-refractivity contribution is 6.42. The molecule has 0 aliphatic rings. The topological polar surface area (TPSA) is 47.0 Å². The zero-order valence-electron chi connectivity index (χ0n) is 14.6. The fourth-order valence-corrected chi connectivity index (χ4v) is 2.98. The van der Waals surface area contributed by atoms with Crippen molar-refractivity contribution in [3.8, 4) is 5.75 Å². The molecule has 3 aromatic carbocycles. The van der Waals surface area contributed by atoms with Crippen molar-refractivity contribution in [3.05, 3.63) is 88.7 Å². The largest absolute Gasteiger partial charge is 0.489 e. The fraction of sp³-hybridized carbons (Fsp3) is 0.0476. The number of hydrogen-bond donors (Lipinski definition) is 1. The number of fused-ring (bicyclic) bond motifs is 1. The second-order valence-corrected chi connectivity index (χ2v) is 6.74. The van der Waals surface area contributed by atoms with Crippen molar-refractivity contribution in [2.45, 2.75) is 6.61 Å². The summed E-state index contributed by atoms with van der Waals surface area (Å²) in [6, 6.07) is 21.2. The average Bonchev–Trinajstić information content (AvgIpc) is 2.70. The Morgan fingerprint density at radius 3 is 2.32 bits per heavy atom. The minimum absolute atomic E-state index is 0. The van der Waals surface area contributed by atoms with E-state index in [1.807, 2.05) is 54.6 Å². The van der Waals surface area contributed by atoms with Crippen LogP contribution in [0, 0.1) is 0 Å². The average molecular weight is 433 g/mol. The van der Waals surface area contributed by atoms with E-state index in [0.29, 0.717) is 22.5 Å². The summed E-state index contributed by atoms with van der Waals surface area (Å²) in [6.45, 7) is 0.531. The summed E-state index contributed by atoms with van der Waals surface area (Å²) >= 11 is 12.2. The maximum absolute atomic E-state index is 6.14. The lowest BCUT2D eigenvalue weighted by Gasteiger charge is -2.10. The number of anilines is 2. The van der Waals surface area contributed by atoms with E-state index in [0.717, 1.165) is 27.9 Å². The number of halogens is 3. The maximum Gasteiger partial charge on any atom is 0.141 e. The van der Waals surface area contributed by atoms with Crippen LogP contribution in [-0.4, -0.2) is 9.97 Å².